The largest absolute Gasteiger partial charge is 0.385 e. The SMILES string of the molecule is COCCCOCCNc1ccccc1CCOC. The van der Waals surface area contributed by atoms with E-state index in [1.54, 1.807) is 14.2 Å². The van der Waals surface area contributed by atoms with E-state index in [1.807, 2.05) is 6.07 Å². The van der Waals surface area contributed by atoms with Gasteiger partial charge in [0.2, 0.25) is 0 Å². The van der Waals surface area contributed by atoms with E-state index in [1.165, 1.54) is 11.3 Å². The number of anilines is 1. The molecule has 0 amide bonds. The van der Waals surface area contributed by atoms with Crippen molar-refractivity contribution in [2.45, 2.75) is 12.8 Å². The summed E-state index contributed by atoms with van der Waals surface area (Å²) < 4.78 is 15.6. The zero-order chi connectivity index (χ0) is 13.8. The van der Waals surface area contributed by atoms with Crippen molar-refractivity contribution in [3.8, 4) is 0 Å². The van der Waals surface area contributed by atoms with Crippen LogP contribution in [-0.4, -0.2) is 47.2 Å². The van der Waals surface area contributed by atoms with Crippen LogP contribution >= 0.6 is 0 Å². The molecular weight excluding hydrogens is 242 g/mol. The Kier molecular flexibility index (Phi) is 9.06. The average molecular weight is 267 g/mol. The molecule has 0 spiro atoms. The smallest absolute Gasteiger partial charge is 0.0639 e. The maximum Gasteiger partial charge on any atom is 0.0639 e. The molecule has 0 aliphatic rings. The maximum atomic E-state index is 5.51. The fourth-order valence-electron chi connectivity index (χ4n) is 1.79. The van der Waals surface area contributed by atoms with Crippen LogP contribution in [0.15, 0.2) is 24.3 Å². The van der Waals surface area contributed by atoms with Crippen molar-refractivity contribution in [3.63, 3.8) is 0 Å². The Morgan fingerprint density at radius 3 is 2.53 bits per heavy atom. The highest BCUT2D eigenvalue weighted by molar-refractivity contribution is 5.51. The number of ether oxygens (including phenoxy) is 3. The molecule has 0 aliphatic carbocycles. The van der Waals surface area contributed by atoms with Gasteiger partial charge < -0.3 is 19.5 Å². The zero-order valence-electron chi connectivity index (χ0n) is 12.0. The van der Waals surface area contributed by atoms with Gasteiger partial charge in [0.1, 0.15) is 0 Å². The van der Waals surface area contributed by atoms with Gasteiger partial charge in [0.15, 0.2) is 0 Å². The van der Waals surface area contributed by atoms with Crippen molar-refractivity contribution in [1.29, 1.82) is 0 Å². The van der Waals surface area contributed by atoms with Crippen LogP contribution in [0.3, 0.4) is 0 Å². The summed E-state index contributed by atoms with van der Waals surface area (Å²) in [7, 11) is 3.43. The molecule has 4 heteroatoms. The van der Waals surface area contributed by atoms with Crippen molar-refractivity contribution in [1.82, 2.24) is 0 Å². The molecule has 0 bridgehead atoms. The van der Waals surface area contributed by atoms with Gasteiger partial charge in [-0.05, 0) is 24.5 Å². The number of nitrogens with one attached hydrogen (secondary N) is 1. The van der Waals surface area contributed by atoms with Crippen LogP contribution in [0, 0.1) is 0 Å². The third kappa shape index (κ3) is 7.15. The second kappa shape index (κ2) is 10.8. The predicted octanol–water partition coefficient (Wildman–Crippen LogP) is 2.34. The van der Waals surface area contributed by atoms with Crippen molar-refractivity contribution in [2.24, 2.45) is 0 Å². The molecule has 1 rings (SSSR count). The molecular formula is C15H25NO3. The highest BCUT2D eigenvalue weighted by Crippen LogP contribution is 2.15. The Balaban J connectivity index is 2.21. The highest BCUT2D eigenvalue weighted by Gasteiger charge is 2.00. The van der Waals surface area contributed by atoms with Crippen LogP contribution in [0.25, 0.3) is 0 Å². The first-order valence-electron chi connectivity index (χ1n) is 6.76. The summed E-state index contributed by atoms with van der Waals surface area (Å²) in [6.07, 6.45) is 1.87. The van der Waals surface area contributed by atoms with E-state index in [4.69, 9.17) is 14.2 Å². The van der Waals surface area contributed by atoms with Crippen molar-refractivity contribution in [2.75, 3.05) is 52.5 Å². The molecule has 1 aromatic rings. The molecule has 108 valence electrons. The molecule has 1 aromatic carbocycles. The summed E-state index contributed by atoms with van der Waals surface area (Å²) in [4.78, 5) is 0. The number of hydrogen-bond donors (Lipinski definition) is 1. The normalized spacial score (nSPS) is 10.6. The van der Waals surface area contributed by atoms with Crippen molar-refractivity contribution < 1.29 is 14.2 Å². The van der Waals surface area contributed by atoms with E-state index < -0.39 is 0 Å². The quantitative estimate of drug-likeness (QED) is 0.625. The van der Waals surface area contributed by atoms with E-state index in [9.17, 15) is 0 Å². The first-order valence-corrected chi connectivity index (χ1v) is 6.76. The average Bonchev–Trinajstić information content (AvgIpc) is 2.45. The molecule has 19 heavy (non-hydrogen) atoms. The lowest BCUT2D eigenvalue weighted by Crippen LogP contribution is -2.12. The summed E-state index contributed by atoms with van der Waals surface area (Å²) in [5, 5.41) is 3.40. The predicted molar refractivity (Wildman–Crippen MR) is 77.8 cm³/mol. The lowest BCUT2D eigenvalue weighted by atomic mass is 10.1. The molecule has 0 aliphatic heterocycles. The van der Waals surface area contributed by atoms with Gasteiger partial charge in [0.25, 0.3) is 0 Å². The van der Waals surface area contributed by atoms with E-state index in [0.29, 0.717) is 6.61 Å². The van der Waals surface area contributed by atoms with Crippen LogP contribution in [0.2, 0.25) is 0 Å². The minimum absolute atomic E-state index is 0.711. The third-order valence-corrected chi connectivity index (χ3v) is 2.79. The molecule has 0 radical (unpaired) electrons. The van der Waals surface area contributed by atoms with Gasteiger partial charge in [-0.3, -0.25) is 0 Å². The third-order valence-electron chi connectivity index (χ3n) is 2.79. The minimum atomic E-state index is 0.711. The van der Waals surface area contributed by atoms with Gasteiger partial charge in [-0.1, -0.05) is 18.2 Å². The van der Waals surface area contributed by atoms with Gasteiger partial charge in [0.05, 0.1) is 13.2 Å². The summed E-state index contributed by atoms with van der Waals surface area (Å²) in [5.74, 6) is 0. The molecule has 4 nitrogen and oxygen atoms in total. The second-order valence-electron chi connectivity index (χ2n) is 4.29. The second-order valence-corrected chi connectivity index (χ2v) is 4.29. The number of rotatable bonds is 11. The molecule has 0 heterocycles. The van der Waals surface area contributed by atoms with Gasteiger partial charge in [0, 0.05) is 39.7 Å². The Labute approximate surface area is 116 Å². The summed E-state index contributed by atoms with van der Waals surface area (Å²) in [5.41, 5.74) is 2.45. The molecule has 1 N–H and O–H groups in total. The molecule has 0 unspecified atom stereocenters. The van der Waals surface area contributed by atoms with Gasteiger partial charge in [-0.2, -0.15) is 0 Å². The maximum absolute atomic E-state index is 5.51. The van der Waals surface area contributed by atoms with E-state index in [2.05, 4.69) is 23.5 Å². The summed E-state index contributed by atoms with van der Waals surface area (Å²) in [6.45, 7) is 3.78. The van der Waals surface area contributed by atoms with Crippen LogP contribution in [0.1, 0.15) is 12.0 Å². The molecule has 0 atom stereocenters. The van der Waals surface area contributed by atoms with Crippen LogP contribution < -0.4 is 5.32 Å². The Bertz CT molecular complexity index is 331. The number of para-hydroxylation sites is 1. The lowest BCUT2D eigenvalue weighted by molar-refractivity contribution is 0.109. The van der Waals surface area contributed by atoms with Crippen LogP contribution in [0.5, 0.6) is 0 Å². The molecule has 0 saturated heterocycles. The minimum Gasteiger partial charge on any atom is -0.385 e. The number of benzene rings is 1. The van der Waals surface area contributed by atoms with E-state index in [-0.39, 0.29) is 0 Å². The summed E-state index contributed by atoms with van der Waals surface area (Å²) in [6, 6.07) is 8.31. The Hall–Kier alpha value is -1.10. The fraction of sp³-hybridized carbons (Fsp3) is 0.600. The molecule has 0 aromatic heterocycles. The monoisotopic (exact) mass is 267 g/mol. The number of methoxy groups -OCH3 is 2. The number of hydrogen-bond acceptors (Lipinski definition) is 4. The summed E-state index contributed by atoms with van der Waals surface area (Å²) >= 11 is 0. The topological polar surface area (TPSA) is 39.7 Å². The fourth-order valence-corrected chi connectivity index (χ4v) is 1.79. The Morgan fingerprint density at radius 1 is 0.947 bits per heavy atom. The molecule has 0 fully saturated rings. The van der Waals surface area contributed by atoms with Gasteiger partial charge in [-0.15, -0.1) is 0 Å². The van der Waals surface area contributed by atoms with Gasteiger partial charge in [-0.25, -0.2) is 0 Å². The van der Waals surface area contributed by atoms with Crippen LogP contribution in [-0.2, 0) is 20.6 Å². The molecule has 0 saturated carbocycles. The van der Waals surface area contributed by atoms with Gasteiger partial charge >= 0.3 is 0 Å². The Morgan fingerprint density at radius 2 is 1.74 bits per heavy atom. The standard InChI is InChI=1S/C15H25NO3/c1-17-10-5-11-19-13-9-16-15-7-4-3-6-14(15)8-12-18-2/h3-4,6-7,16H,5,8-13H2,1-2H3. The van der Waals surface area contributed by atoms with Crippen molar-refractivity contribution >= 4 is 5.69 Å². The zero-order valence-corrected chi connectivity index (χ0v) is 12.0. The highest BCUT2D eigenvalue weighted by atomic mass is 16.5. The van der Waals surface area contributed by atoms with E-state index in [0.717, 1.165) is 39.2 Å². The first-order chi connectivity index (χ1) is 9.38. The van der Waals surface area contributed by atoms with E-state index >= 15 is 0 Å². The van der Waals surface area contributed by atoms with Crippen LogP contribution in [0.4, 0.5) is 5.69 Å². The first kappa shape index (κ1) is 16.0. The lowest BCUT2D eigenvalue weighted by Gasteiger charge is -2.12. The van der Waals surface area contributed by atoms with Crippen molar-refractivity contribution in [3.05, 3.63) is 29.8 Å².